The van der Waals surface area contributed by atoms with Crippen molar-refractivity contribution in [2.75, 3.05) is 10.7 Å². The SMILES string of the molecule is CCSc1ccc2c3c1C=CCC3(C)C(=O)N(c1cc(C(C)(C)C)ccc1C(C)(C)C)C2=O. The molecule has 1 unspecified atom stereocenters. The van der Waals surface area contributed by atoms with Gasteiger partial charge in [0.25, 0.3) is 5.91 Å². The number of imide groups is 1. The Morgan fingerprint density at radius 2 is 1.70 bits per heavy atom. The number of anilines is 1. The molecule has 1 aliphatic heterocycles. The normalized spacial score (nSPS) is 20.3. The molecule has 1 atom stereocenters. The third kappa shape index (κ3) is 3.77. The molecule has 174 valence electrons. The van der Waals surface area contributed by atoms with Gasteiger partial charge in [0.05, 0.1) is 11.1 Å². The highest BCUT2D eigenvalue weighted by Crippen LogP contribution is 2.48. The number of hydrogen-bond donors (Lipinski definition) is 0. The summed E-state index contributed by atoms with van der Waals surface area (Å²) in [5.74, 6) is 0.605. The van der Waals surface area contributed by atoms with E-state index in [1.165, 1.54) is 4.90 Å². The van der Waals surface area contributed by atoms with Crippen LogP contribution in [0.25, 0.3) is 6.08 Å². The van der Waals surface area contributed by atoms with E-state index in [2.05, 4.69) is 78.8 Å². The van der Waals surface area contributed by atoms with Crippen LogP contribution in [0.2, 0.25) is 0 Å². The Kier molecular flexibility index (Phi) is 5.68. The van der Waals surface area contributed by atoms with Gasteiger partial charge in [-0.05, 0) is 70.4 Å². The Balaban J connectivity index is 1.99. The lowest BCUT2D eigenvalue weighted by Gasteiger charge is -2.43. The molecule has 33 heavy (non-hydrogen) atoms. The minimum atomic E-state index is -0.759. The van der Waals surface area contributed by atoms with E-state index in [0.29, 0.717) is 12.0 Å². The first-order valence-electron chi connectivity index (χ1n) is 11.8. The van der Waals surface area contributed by atoms with Gasteiger partial charge in [-0.25, -0.2) is 4.90 Å². The number of carbonyl (C=O) groups excluding carboxylic acids is 2. The highest BCUT2D eigenvalue weighted by Gasteiger charge is 2.50. The van der Waals surface area contributed by atoms with Crippen LogP contribution in [0.4, 0.5) is 5.69 Å². The van der Waals surface area contributed by atoms with Crippen LogP contribution in [0.3, 0.4) is 0 Å². The molecule has 0 radical (unpaired) electrons. The molecule has 2 aromatic rings. The number of thioether (sulfide) groups is 1. The average molecular weight is 462 g/mol. The van der Waals surface area contributed by atoms with Gasteiger partial charge in [-0.2, -0.15) is 0 Å². The fourth-order valence-corrected chi connectivity index (χ4v) is 5.83. The van der Waals surface area contributed by atoms with Gasteiger partial charge in [-0.15, -0.1) is 11.8 Å². The van der Waals surface area contributed by atoms with Crippen LogP contribution in [0.5, 0.6) is 0 Å². The first kappa shape index (κ1) is 23.8. The van der Waals surface area contributed by atoms with Crippen LogP contribution in [0.15, 0.2) is 41.3 Å². The Bertz CT molecular complexity index is 1180. The maximum absolute atomic E-state index is 14.2. The maximum Gasteiger partial charge on any atom is 0.265 e. The summed E-state index contributed by atoms with van der Waals surface area (Å²) in [6.45, 7) is 17.0. The monoisotopic (exact) mass is 461 g/mol. The molecule has 0 fully saturated rings. The van der Waals surface area contributed by atoms with Gasteiger partial charge in [-0.3, -0.25) is 9.59 Å². The summed E-state index contributed by atoms with van der Waals surface area (Å²) in [4.78, 5) is 30.8. The molecule has 1 aliphatic carbocycles. The standard InChI is InChI=1S/C29H35NO2S/c1-9-33-23-15-13-20-24-19(23)11-10-16-29(24,8)26(32)30(25(20)31)22-17-18(27(2,3)4)12-14-21(22)28(5,6)7/h10-15,17H,9,16H2,1-8H3. The molecular weight excluding hydrogens is 426 g/mol. The highest BCUT2D eigenvalue weighted by atomic mass is 32.2. The molecule has 2 aliphatic rings. The van der Waals surface area contributed by atoms with Crippen molar-refractivity contribution in [3.63, 3.8) is 0 Å². The number of amides is 2. The van der Waals surface area contributed by atoms with Crippen LogP contribution in [-0.2, 0) is 21.0 Å². The fourth-order valence-electron chi connectivity index (χ4n) is 5.02. The summed E-state index contributed by atoms with van der Waals surface area (Å²) >= 11 is 1.76. The second-order valence-electron chi connectivity index (χ2n) is 11.4. The Hall–Kier alpha value is -2.33. The number of allylic oxidation sites excluding steroid dienone is 1. The summed E-state index contributed by atoms with van der Waals surface area (Å²) in [6.07, 6.45) is 4.78. The predicted octanol–water partition coefficient (Wildman–Crippen LogP) is 7.26. The molecular formula is C29H35NO2S. The van der Waals surface area contributed by atoms with Crippen molar-refractivity contribution >= 4 is 35.3 Å². The number of rotatable bonds is 3. The van der Waals surface area contributed by atoms with Gasteiger partial charge in [0, 0.05) is 10.5 Å². The van der Waals surface area contributed by atoms with Gasteiger partial charge in [0.2, 0.25) is 5.91 Å². The van der Waals surface area contributed by atoms with E-state index in [1.54, 1.807) is 11.8 Å². The van der Waals surface area contributed by atoms with Gasteiger partial charge in [-0.1, -0.05) is 72.8 Å². The summed E-state index contributed by atoms with van der Waals surface area (Å²) in [5.41, 5.74) is 4.36. The molecule has 3 nitrogen and oxygen atoms in total. The lowest BCUT2D eigenvalue weighted by atomic mass is 9.68. The van der Waals surface area contributed by atoms with Crippen molar-refractivity contribution in [2.45, 2.75) is 83.0 Å². The molecule has 0 bridgehead atoms. The largest absolute Gasteiger partial charge is 0.273 e. The van der Waals surface area contributed by atoms with Gasteiger partial charge < -0.3 is 0 Å². The predicted molar refractivity (Wildman–Crippen MR) is 140 cm³/mol. The molecule has 4 heteroatoms. The van der Waals surface area contributed by atoms with E-state index < -0.39 is 5.41 Å². The van der Waals surface area contributed by atoms with E-state index in [4.69, 9.17) is 0 Å². The van der Waals surface area contributed by atoms with Crippen LogP contribution < -0.4 is 4.90 Å². The van der Waals surface area contributed by atoms with E-state index >= 15 is 0 Å². The molecule has 0 N–H and O–H groups in total. The van der Waals surface area contributed by atoms with Crippen molar-refractivity contribution in [1.82, 2.24) is 0 Å². The fraction of sp³-hybridized carbons (Fsp3) is 0.448. The Morgan fingerprint density at radius 1 is 1.00 bits per heavy atom. The Morgan fingerprint density at radius 3 is 2.30 bits per heavy atom. The van der Waals surface area contributed by atoms with Gasteiger partial charge in [0.1, 0.15) is 0 Å². The minimum Gasteiger partial charge on any atom is -0.273 e. The van der Waals surface area contributed by atoms with Gasteiger partial charge in [0.15, 0.2) is 0 Å². The number of nitrogens with zero attached hydrogens (tertiary/aromatic N) is 1. The van der Waals surface area contributed by atoms with Crippen LogP contribution in [-0.4, -0.2) is 17.6 Å². The average Bonchev–Trinajstić information content (AvgIpc) is 2.72. The van der Waals surface area contributed by atoms with Crippen molar-refractivity contribution in [1.29, 1.82) is 0 Å². The quantitative estimate of drug-likeness (QED) is 0.357. The molecule has 4 rings (SSSR count). The van der Waals surface area contributed by atoms with Gasteiger partial charge >= 0.3 is 0 Å². The lowest BCUT2D eigenvalue weighted by molar-refractivity contribution is -0.123. The van der Waals surface area contributed by atoms with E-state index in [-0.39, 0.29) is 22.6 Å². The second kappa shape index (κ2) is 7.87. The first-order chi connectivity index (χ1) is 15.3. The summed E-state index contributed by atoms with van der Waals surface area (Å²) in [5, 5.41) is 0. The molecule has 2 aromatic carbocycles. The van der Waals surface area contributed by atoms with Crippen molar-refractivity contribution < 1.29 is 9.59 Å². The molecule has 1 heterocycles. The van der Waals surface area contributed by atoms with Crippen LogP contribution >= 0.6 is 11.8 Å². The van der Waals surface area contributed by atoms with Crippen molar-refractivity contribution in [3.8, 4) is 0 Å². The first-order valence-corrected chi connectivity index (χ1v) is 12.8. The van der Waals surface area contributed by atoms with Crippen molar-refractivity contribution in [2.24, 2.45) is 0 Å². The molecule has 2 amide bonds. The van der Waals surface area contributed by atoms with E-state index in [0.717, 1.165) is 38.6 Å². The summed E-state index contributed by atoms with van der Waals surface area (Å²) in [7, 11) is 0. The zero-order chi connectivity index (χ0) is 24.3. The smallest absolute Gasteiger partial charge is 0.265 e. The second-order valence-corrected chi connectivity index (χ2v) is 12.8. The van der Waals surface area contributed by atoms with Crippen molar-refractivity contribution in [3.05, 3.63) is 64.2 Å². The van der Waals surface area contributed by atoms with E-state index in [9.17, 15) is 9.59 Å². The van der Waals surface area contributed by atoms with E-state index in [1.807, 2.05) is 19.1 Å². The lowest BCUT2D eigenvalue weighted by Crippen LogP contribution is -2.54. The molecule has 0 saturated carbocycles. The summed E-state index contributed by atoms with van der Waals surface area (Å²) < 4.78 is 0. The zero-order valence-corrected chi connectivity index (χ0v) is 21.9. The highest BCUT2D eigenvalue weighted by molar-refractivity contribution is 7.99. The number of benzene rings is 2. The summed E-state index contributed by atoms with van der Waals surface area (Å²) in [6, 6.07) is 10.3. The molecule has 0 spiro atoms. The van der Waals surface area contributed by atoms with Crippen LogP contribution in [0.1, 0.15) is 94.4 Å². The topological polar surface area (TPSA) is 37.4 Å². The zero-order valence-electron chi connectivity index (χ0n) is 21.1. The Labute approximate surface area is 202 Å². The third-order valence-corrected chi connectivity index (χ3v) is 7.84. The molecule has 0 saturated heterocycles. The van der Waals surface area contributed by atoms with Crippen LogP contribution in [0, 0.1) is 0 Å². The molecule has 0 aromatic heterocycles. The number of carbonyl (C=O) groups is 2. The third-order valence-electron chi connectivity index (χ3n) is 6.89. The number of hydrogen-bond acceptors (Lipinski definition) is 3. The minimum absolute atomic E-state index is 0.0954. The maximum atomic E-state index is 14.2.